The topological polar surface area (TPSA) is 97.8 Å². The van der Waals surface area contributed by atoms with Gasteiger partial charge in [-0.05, 0) is 37.7 Å². The lowest BCUT2D eigenvalue weighted by atomic mass is 9.89. The van der Waals surface area contributed by atoms with Crippen LogP contribution in [0.1, 0.15) is 42.1 Å². The number of carboxylic acid groups (broad SMARTS) is 1. The number of alkyl halides is 1. The highest BCUT2D eigenvalue weighted by Crippen LogP contribution is 2.44. The molecule has 2 atom stereocenters. The number of methoxy groups -OCH3 is 1. The van der Waals surface area contributed by atoms with Crippen molar-refractivity contribution in [3.63, 3.8) is 0 Å². The lowest BCUT2D eigenvalue weighted by Crippen LogP contribution is -2.49. The van der Waals surface area contributed by atoms with Crippen molar-refractivity contribution in [1.82, 2.24) is 4.57 Å². The number of hydrogen-bond donors (Lipinski definition) is 2. The maximum absolute atomic E-state index is 15.3. The minimum atomic E-state index is -1.35. The van der Waals surface area contributed by atoms with Crippen LogP contribution in [0.4, 0.5) is 14.5 Å². The number of rotatable bonds is 6. The molecule has 4 rings (SSSR count). The third kappa shape index (κ3) is 4.08. The second kappa shape index (κ2) is 9.00. The number of ether oxygens (including phenoxy) is 1. The largest absolute Gasteiger partial charge is 0.492 e. The maximum Gasteiger partial charge on any atom is 0.341 e. The maximum atomic E-state index is 15.3. The van der Waals surface area contributed by atoms with Gasteiger partial charge in [0.15, 0.2) is 11.6 Å². The van der Waals surface area contributed by atoms with Gasteiger partial charge < -0.3 is 25.0 Å². The SMILES string of the molecule is COc1c(N2CC[C@H](CCF)[C@@H](N)C2)c(F)cc2c(=O)c(C(=O)O)cn(C3CC3)c12.Cl. The lowest BCUT2D eigenvalue weighted by molar-refractivity contribution is 0.0695. The van der Waals surface area contributed by atoms with E-state index in [1.165, 1.54) is 13.3 Å². The molecule has 0 bridgehead atoms. The minimum absolute atomic E-state index is 0. The van der Waals surface area contributed by atoms with Crippen LogP contribution < -0.4 is 20.8 Å². The molecule has 2 fully saturated rings. The molecule has 0 radical (unpaired) electrons. The monoisotopic (exact) mass is 457 g/mol. The molecule has 1 aromatic heterocycles. The molecule has 1 aliphatic heterocycles. The Morgan fingerprint density at radius 3 is 2.61 bits per heavy atom. The number of benzene rings is 1. The molecule has 0 amide bonds. The minimum Gasteiger partial charge on any atom is -0.492 e. The van der Waals surface area contributed by atoms with Gasteiger partial charge in [-0.15, -0.1) is 12.4 Å². The molecule has 1 aliphatic carbocycles. The van der Waals surface area contributed by atoms with Crippen molar-refractivity contribution in [1.29, 1.82) is 0 Å². The van der Waals surface area contributed by atoms with Gasteiger partial charge in [0.05, 0.1) is 24.7 Å². The van der Waals surface area contributed by atoms with E-state index >= 15 is 4.39 Å². The number of hydrogen-bond acceptors (Lipinski definition) is 5. The molecule has 170 valence electrons. The molecule has 2 heterocycles. The van der Waals surface area contributed by atoms with E-state index < -0.39 is 29.5 Å². The fourth-order valence-corrected chi connectivity index (χ4v) is 4.46. The Kier molecular flexibility index (Phi) is 6.76. The van der Waals surface area contributed by atoms with Crippen LogP contribution in [-0.2, 0) is 0 Å². The summed E-state index contributed by atoms with van der Waals surface area (Å²) in [7, 11) is 1.40. The lowest BCUT2D eigenvalue weighted by Gasteiger charge is -2.38. The van der Waals surface area contributed by atoms with Gasteiger partial charge in [-0.2, -0.15) is 0 Å². The van der Waals surface area contributed by atoms with E-state index in [1.807, 2.05) is 0 Å². The quantitative estimate of drug-likeness (QED) is 0.691. The highest BCUT2D eigenvalue weighted by Gasteiger charge is 2.33. The van der Waals surface area contributed by atoms with Crippen LogP contribution in [0, 0.1) is 11.7 Å². The number of carbonyl (C=O) groups is 1. The first-order valence-electron chi connectivity index (χ1n) is 10.1. The van der Waals surface area contributed by atoms with E-state index in [-0.39, 0.29) is 47.2 Å². The molecule has 2 aromatic rings. The molecule has 3 N–H and O–H groups in total. The zero-order valence-corrected chi connectivity index (χ0v) is 18.0. The number of aromatic carboxylic acids is 1. The molecule has 0 unspecified atom stereocenters. The fraction of sp³-hybridized carbons (Fsp3) is 0.524. The van der Waals surface area contributed by atoms with Crippen molar-refractivity contribution in [2.75, 3.05) is 31.8 Å². The second-order valence-corrected chi connectivity index (χ2v) is 8.09. The molecule has 7 nitrogen and oxygen atoms in total. The van der Waals surface area contributed by atoms with E-state index in [1.54, 1.807) is 9.47 Å². The van der Waals surface area contributed by atoms with Gasteiger partial charge in [0.2, 0.25) is 5.43 Å². The Labute approximate surface area is 184 Å². The highest BCUT2D eigenvalue weighted by atomic mass is 35.5. The first-order valence-corrected chi connectivity index (χ1v) is 10.1. The van der Waals surface area contributed by atoms with Crippen molar-refractivity contribution in [2.24, 2.45) is 11.7 Å². The number of aromatic nitrogens is 1. The number of nitrogens with two attached hydrogens (primary N) is 1. The van der Waals surface area contributed by atoms with Crippen molar-refractivity contribution < 1.29 is 23.4 Å². The first kappa shape index (κ1) is 23.3. The van der Waals surface area contributed by atoms with E-state index in [2.05, 4.69) is 0 Å². The molecule has 2 aliphatic rings. The van der Waals surface area contributed by atoms with Gasteiger partial charge >= 0.3 is 5.97 Å². The van der Waals surface area contributed by atoms with E-state index in [4.69, 9.17) is 10.5 Å². The van der Waals surface area contributed by atoms with Gasteiger partial charge in [-0.3, -0.25) is 9.18 Å². The smallest absolute Gasteiger partial charge is 0.341 e. The van der Waals surface area contributed by atoms with Crippen LogP contribution in [0.2, 0.25) is 0 Å². The summed E-state index contributed by atoms with van der Waals surface area (Å²) in [6.45, 7) is 0.383. The Balaban J connectivity index is 0.00000272. The molecular formula is C21H26ClF2N3O4. The summed E-state index contributed by atoms with van der Waals surface area (Å²) in [6, 6.07) is 0.824. The number of piperidine rings is 1. The van der Waals surface area contributed by atoms with Gasteiger partial charge in [-0.1, -0.05) is 0 Å². The van der Waals surface area contributed by atoms with Gasteiger partial charge in [-0.25, -0.2) is 9.18 Å². The van der Waals surface area contributed by atoms with Gasteiger partial charge in [0, 0.05) is 31.4 Å². The second-order valence-electron chi connectivity index (χ2n) is 8.09. The molecule has 10 heteroatoms. The predicted octanol–water partition coefficient (Wildman–Crippen LogP) is 3.12. The number of fused-ring (bicyclic) bond motifs is 1. The summed E-state index contributed by atoms with van der Waals surface area (Å²) >= 11 is 0. The zero-order chi connectivity index (χ0) is 21.6. The summed E-state index contributed by atoms with van der Waals surface area (Å²) in [5, 5.41) is 9.40. The third-order valence-corrected chi connectivity index (χ3v) is 6.18. The van der Waals surface area contributed by atoms with Crippen molar-refractivity contribution in [3.8, 4) is 5.75 Å². The normalized spacial score (nSPS) is 21.1. The summed E-state index contributed by atoms with van der Waals surface area (Å²) in [5.41, 5.74) is 5.69. The number of pyridine rings is 1. The molecule has 1 saturated carbocycles. The Morgan fingerprint density at radius 2 is 2.06 bits per heavy atom. The van der Waals surface area contributed by atoms with Crippen molar-refractivity contribution >= 4 is 35.0 Å². The van der Waals surface area contributed by atoms with Crippen molar-refractivity contribution in [2.45, 2.75) is 37.8 Å². The van der Waals surface area contributed by atoms with E-state index in [0.29, 0.717) is 31.4 Å². The van der Waals surface area contributed by atoms with Crippen molar-refractivity contribution in [3.05, 3.63) is 33.9 Å². The average Bonchev–Trinajstić information content (AvgIpc) is 3.54. The number of anilines is 1. The summed E-state index contributed by atoms with van der Waals surface area (Å²) in [5.74, 6) is -1.79. The number of carboxylic acids is 1. The summed E-state index contributed by atoms with van der Waals surface area (Å²) in [4.78, 5) is 26.1. The van der Waals surface area contributed by atoms with Crippen LogP contribution in [0.15, 0.2) is 17.1 Å². The van der Waals surface area contributed by atoms with Crippen LogP contribution >= 0.6 is 12.4 Å². The molecule has 31 heavy (non-hydrogen) atoms. The first-order chi connectivity index (χ1) is 14.4. The number of halogens is 3. The summed E-state index contributed by atoms with van der Waals surface area (Å²) < 4.78 is 35.3. The molecule has 1 saturated heterocycles. The number of nitrogens with zero attached hydrogens (tertiary/aromatic N) is 2. The molecule has 1 aromatic carbocycles. The predicted molar refractivity (Wildman–Crippen MR) is 116 cm³/mol. The average molecular weight is 458 g/mol. The standard InChI is InChI=1S/C21H25F2N3O4.ClH/c1-30-20-17-13(19(27)14(21(28)29)9-26(17)12-2-3-12)8-15(23)18(20)25-7-5-11(4-6-22)16(24)10-25;/h8-9,11-12,16H,2-7,10,24H2,1H3,(H,28,29);1H/t11-,16-;/m0./s1. The summed E-state index contributed by atoms with van der Waals surface area (Å²) in [6.07, 6.45) is 4.01. The molecular weight excluding hydrogens is 432 g/mol. The van der Waals surface area contributed by atoms with Gasteiger partial charge in [0.1, 0.15) is 11.3 Å². The molecule has 0 spiro atoms. The zero-order valence-electron chi connectivity index (χ0n) is 17.1. The third-order valence-electron chi connectivity index (χ3n) is 6.18. The highest BCUT2D eigenvalue weighted by molar-refractivity contribution is 5.97. The Hall–Kier alpha value is -2.39. The van der Waals surface area contributed by atoms with Crippen LogP contribution in [0.5, 0.6) is 5.75 Å². The van der Waals surface area contributed by atoms with Crippen LogP contribution in [-0.4, -0.2) is 48.6 Å². The van der Waals surface area contributed by atoms with E-state index in [9.17, 15) is 19.1 Å². The van der Waals surface area contributed by atoms with Gasteiger partial charge in [0.25, 0.3) is 0 Å². The van der Waals surface area contributed by atoms with Crippen LogP contribution in [0.3, 0.4) is 0 Å². The fourth-order valence-electron chi connectivity index (χ4n) is 4.46. The Morgan fingerprint density at radius 1 is 1.35 bits per heavy atom. The van der Waals surface area contributed by atoms with E-state index in [0.717, 1.165) is 18.9 Å². The van der Waals surface area contributed by atoms with Crippen LogP contribution in [0.25, 0.3) is 10.9 Å². The Bertz CT molecular complexity index is 1060.